The molecule has 0 spiro atoms. The standard InChI is InChI=1S/C22H14BrF3N4O2/c23-14-9-10-18-17(12-14)19(29-28-15-6-2-1-3-7-15)20(31)30(18)21(32)27-16-8-4-5-13(11-16)22(24,25)26/h1-12,31H,(H,27,32). The van der Waals surface area contributed by atoms with Crippen molar-refractivity contribution >= 4 is 49.9 Å². The van der Waals surface area contributed by atoms with Crippen molar-refractivity contribution in [2.24, 2.45) is 10.2 Å². The highest BCUT2D eigenvalue weighted by atomic mass is 79.9. The highest BCUT2D eigenvalue weighted by molar-refractivity contribution is 9.10. The highest BCUT2D eigenvalue weighted by Crippen LogP contribution is 2.41. The molecule has 4 aromatic rings. The first-order valence-corrected chi connectivity index (χ1v) is 10.0. The van der Waals surface area contributed by atoms with Crippen molar-refractivity contribution in [3.8, 4) is 5.88 Å². The Labute approximate surface area is 188 Å². The number of anilines is 1. The van der Waals surface area contributed by atoms with Gasteiger partial charge in [-0.25, -0.2) is 9.36 Å². The van der Waals surface area contributed by atoms with E-state index < -0.39 is 23.7 Å². The minimum absolute atomic E-state index is 0.0457. The van der Waals surface area contributed by atoms with Crippen molar-refractivity contribution in [1.29, 1.82) is 0 Å². The van der Waals surface area contributed by atoms with Crippen LogP contribution in [0.5, 0.6) is 5.88 Å². The lowest BCUT2D eigenvalue weighted by Crippen LogP contribution is -2.19. The lowest BCUT2D eigenvalue weighted by molar-refractivity contribution is -0.137. The minimum atomic E-state index is -4.56. The number of rotatable bonds is 3. The summed E-state index contributed by atoms with van der Waals surface area (Å²) in [4.78, 5) is 12.9. The largest absolute Gasteiger partial charge is 0.493 e. The van der Waals surface area contributed by atoms with Gasteiger partial charge in [0.05, 0.1) is 16.8 Å². The molecule has 0 aliphatic rings. The van der Waals surface area contributed by atoms with Crippen molar-refractivity contribution in [1.82, 2.24) is 4.57 Å². The lowest BCUT2D eigenvalue weighted by Gasteiger charge is -2.11. The van der Waals surface area contributed by atoms with Gasteiger partial charge in [0.1, 0.15) is 0 Å². The number of azo groups is 1. The summed E-state index contributed by atoms with van der Waals surface area (Å²) in [6, 6.07) is 17.1. The number of benzene rings is 3. The Morgan fingerprint density at radius 3 is 2.44 bits per heavy atom. The van der Waals surface area contributed by atoms with Gasteiger partial charge in [0.25, 0.3) is 0 Å². The van der Waals surface area contributed by atoms with Crippen LogP contribution in [0.2, 0.25) is 0 Å². The fourth-order valence-corrected chi connectivity index (χ4v) is 3.45. The molecule has 0 unspecified atom stereocenters. The van der Waals surface area contributed by atoms with Crippen LogP contribution in [0.15, 0.2) is 87.5 Å². The Balaban J connectivity index is 1.75. The predicted octanol–water partition coefficient (Wildman–Crippen LogP) is 7.62. The normalized spacial score (nSPS) is 11.9. The maximum atomic E-state index is 13.0. The Hall–Kier alpha value is -3.66. The molecule has 3 aromatic carbocycles. The average molecular weight is 503 g/mol. The number of hydrogen-bond donors (Lipinski definition) is 2. The topological polar surface area (TPSA) is 79.0 Å². The van der Waals surface area contributed by atoms with Crippen LogP contribution in [0.4, 0.5) is 35.0 Å². The van der Waals surface area contributed by atoms with E-state index in [9.17, 15) is 23.1 Å². The third kappa shape index (κ3) is 4.35. The number of fused-ring (bicyclic) bond motifs is 1. The van der Waals surface area contributed by atoms with Crippen LogP contribution < -0.4 is 5.32 Å². The molecule has 0 saturated heterocycles. The van der Waals surface area contributed by atoms with Crippen LogP contribution >= 0.6 is 15.9 Å². The second-order valence-electron chi connectivity index (χ2n) is 6.71. The van der Waals surface area contributed by atoms with Crippen molar-refractivity contribution in [2.45, 2.75) is 6.18 Å². The maximum Gasteiger partial charge on any atom is 0.416 e. The van der Waals surface area contributed by atoms with Gasteiger partial charge in [0.2, 0.25) is 5.88 Å². The number of hydrogen-bond acceptors (Lipinski definition) is 4. The molecule has 6 nitrogen and oxygen atoms in total. The molecular weight excluding hydrogens is 489 g/mol. The number of aromatic hydroxyl groups is 1. The number of nitrogens with zero attached hydrogens (tertiary/aromatic N) is 3. The van der Waals surface area contributed by atoms with Gasteiger partial charge < -0.3 is 10.4 Å². The lowest BCUT2D eigenvalue weighted by atomic mass is 10.2. The summed E-state index contributed by atoms with van der Waals surface area (Å²) in [5, 5.41) is 21.8. The molecule has 0 aliphatic heterocycles. The summed E-state index contributed by atoms with van der Waals surface area (Å²) in [6.45, 7) is 0. The number of alkyl halides is 3. The van der Waals surface area contributed by atoms with Crippen LogP contribution in [0.25, 0.3) is 10.9 Å². The Kier molecular flexibility index (Phi) is 5.70. The molecule has 0 atom stereocenters. The van der Waals surface area contributed by atoms with Crippen LogP contribution in [0.3, 0.4) is 0 Å². The average Bonchev–Trinajstić information content (AvgIpc) is 3.03. The number of carbonyl (C=O) groups is 1. The Morgan fingerprint density at radius 2 is 1.72 bits per heavy atom. The third-order valence-electron chi connectivity index (χ3n) is 4.54. The number of carbonyl (C=O) groups excluding carboxylic acids is 1. The zero-order chi connectivity index (χ0) is 22.9. The SMILES string of the molecule is O=C(Nc1cccc(C(F)(F)F)c1)n1c(O)c(N=Nc2ccccc2)c2cc(Br)ccc21. The molecule has 162 valence electrons. The van der Waals surface area contributed by atoms with Crippen LogP contribution in [-0.2, 0) is 6.18 Å². The first kappa shape index (κ1) is 21.6. The first-order valence-electron chi connectivity index (χ1n) is 9.22. The molecule has 0 radical (unpaired) electrons. The smallest absolute Gasteiger partial charge is 0.416 e. The summed E-state index contributed by atoms with van der Waals surface area (Å²) >= 11 is 3.34. The van der Waals surface area contributed by atoms with Crippen molar-refractivity contribution in [3.05, 3.63) is 82.8 Å². The monoisotopic (exact) mass is 502 g/mol. The van der Waals surface area contributed by atoms with Crippen molar-refractivity contribution in [3.63, 3.8) is 0 Å². The van der Waals surface area contributed by atoms with E-state index in [1.165, 1.54) is 12.1 Å². The first-order chi connectivity index (χ1) is 15.2. The fraction of sp³-hybridized carbons (Fsp3) is 0.0455. The van der Waals surface area contributed by atoms with Crippen LogP contribution in [0, 0.1) is 0 Å². The molecule has 4 rings (SSSR count). The summed E-state index contributed by atoms with van der Waals surface area (Å²) in [6.07, 6.45) is -4.56. The van der Waals surface area contributed by atoms with E-state index in [0.717, 1.165) is 16.7 Å². The third-order valence-corrected chi connectivity index (χ3v) is 5.04. The van der Waals surface area contributed by atoms with E-state index in [4.69, 9.17) is 0 Å². The van der Waals surface area contributed by atoms with E-state index in [2.05, 4.69) is 31.5 Å². The van der Waals surface area contributed by atoms with Gasteiger partial charge in [-0.05, 0) is 48.5 Å². The molecule has 0 saturated carbocycles. The summed E-state index contributed by atoms with van der Waals surface area (Å²) in [5.74, 6) is -0.498. The maximum absolute atomic E-state index is 13.0. The van der Waals surface area contributed by atoms with Gasteiger partial charge in [-0.3, -0.25) is 0 Å². The van der Waals surface area contributed by atoms with Crippen molar-refractivity contribution < 1.29 is 23.1 Å². The predicted molar refractivity (Wildman–Crippen MR) is 118 cm³/mol. The second-order valence-corrected chi connectivity index (χ2v) is 7.63. The zero-order valence-electron chi connectivity index (χ0n) is 16.1. The van der Waals surface area contributed by atoms with Gasteiger partial charge in [-0.15, -0.1) is 5.11 Å². The zero-order valence-corrected chi connectivity index (χ0v) is 17.7. The summed E-state index contributed by atoms with van der Waals surface area (Å²) in [5.41, 5.74) is -0.0911. The number of halogens is 4. The minimum Gasteiger partial charge on any atom is -0.493 e. The quantitative estimate of drug-likeness (QED) is 0.282. The van der Waals surface area contributed by atoms with Crippen LogP contribution in [0.1, 0.15) is 5.56 Å². The molecule has 0 fully saturated rings. The Morgan fingerprint density at radius 1 is 0.969 bits per heavy atom. The molecule has 10 heteroatoms. The molecule has 32 heavy (non-hydrogen) atoms. The number of amides is 1. The van der Waals surface area contributed by atoms with Gasteiger partial charge in [-0.2, -0.15) is 18.3 Å². The van der Waals surface area contributed by atoms with Gasteiger partial charge in [0.15, 0.2) is 5.69 Å². The Bertz CT molecular complexity index is 1330. The summed E-state index contributed by atoms with van der Waals surface area (Å²) in [7, 11) is 0. The van der Waals surface area contributed by atoms with E-state index in [1.807, 2.05) is 6.07 Å². The van der Waals surface area contributed by atoms with E-state index >= 15 is 0 Å². The second kappa shape index (κ2) is 8.46. The van der Waals surface area contributed by atoms with Crippen LogP contribution in [-0.4, -0.2) is 15.7 Å². The van der Waals surface area contributed by atoms with Gasteiger partial charge in [-0.1, -0.05) is 40.2 Å². The van der Waals surface area contributed by atoms with Crippen molar-refractivity contribution in [2.75, 3.05) is 5.32 Å². The fourth-order valence-electron chi connectivity index (χ4n) is 3.09. The highest BCUT2D eigenvalue weighted by Gasteiger charge is 2.30. The van der Waals surface area contributed by atoms with Gasteiger partial charge in [0, 0.05) is 15.5 Å². The molecule has 0 aliphatic carbocycles. The molecule has 1 heterocycles. The van der Waals surface area contributed by atoms with E-state index in [-0.39, 0.29) is 11.4 Å². The summed E-state index contributed by atoms with van der Waals surface area (Å²) < 4.78 is 40.6. The van der Waals surface area contributed by atoms with E-state index in [0.29, 0.717) is 21.1 Å². The number of nitrogens with one attached hydrogen (secondary N) is 1. The molecule has 2 N–H and O–H groups in total. The molecular formula is C22H14BrF3N4O2. The molecule has 0 bridgehead atoms. The van der Waals surface area contributed by atoms with Gasteiger partial charge >= 0.3 is 12.2 Å². The van der Waals surface area contributed by atoms with E-state index in [1.54, 1.807) is 42.5 Å². The molecule has 1 amide bonds. The molecule has 1 aromatic heterocycles. The number of aromatic nitrogens is 1.